The van der Waals surface area contributed by atoms with Gasteiger partial charge in [0.2, 0.25) is 0 Å². The van der Waals surface area contributed by atoms with Crippen molar-refractivity contribution in [3.8, 4) is 0 Å². The highest BCUT2D eigenvalue weighted by Crippen LogP contribution is 2.21. The van der Waals surface area contributed by atoms with Crippen LogP contribution in [0.1, 0.15) is 30.0 Å². The molecule has 5 heteroatoms. The van der Waals surface area contributed by atoms with Gasteiger partial charge in [0.05, 0.1) is 6.10 Å². The quantitative estimate of drug-likeness (QED) is 0.902. The lowest BCUT2D eigenvalue weighted by atomic mass is 10.0. The highest BCUT2D eigenvalue weighted by Gasteiger charge is 2.15. The van der Waals surface area contributed by atoms with E-state index in [2.05, 4.69) is 10.1 Å². The molecule has 0 radical (unpaired) electrons. The minimum atomic E-state index is -0.694. The van der Waals surface area contributed by atoms with Crippen LogP contribution in [0.2, 0.25) is 0 Å². The molecule has 1 aromatic heterocycles. The van der Waals surface area contributed by atoms with Gasteiger partial charge in [-0.05, 0) is 37.1 Å². The second-order valence-corrected chi connectivity index (χ2v) is 4.21. The summed E-state index contributed by atoms with van der Waals surface area (Å²) >= 11 is 0. The molecule has 0 saturated heterocycles. The van der Waals surface area contributed by atoms with Crippen LogP contribution in [0, 0.1) is 12.7 Å². The lowest BCUT2D eigenvalue weighted by molar-refractivity contribution is 0.173. The summed E-state index contributed by atoms with van der Waals surface area (Å²) < 4.78 is 14.7. The topological polar surface area (TPSA) is 50.9 Å². The molecule has 2 rings (SSSR count). The Kier molecular flexibility index (Phi) is 3.72. The lowest BCUT2D eigenvalue weighted by Crippen LogP contribution is -2.10. The molecule has 18 heavy (non-hydrogen) atoms. The average molecular weight is 249 g/mol. The van der Waals surface area contributed by atoms with Crippen LogP contribution in [0.4, 0.5) is 4.39 Å². The van der Waals surface area contributed by atoms with Crippen LogP contribution >= 0.6 is 0 Å². The van der Waals surface area contributed by atoms with Crippen LogP contribution in [0.25, 0.3) is 0 Å². The van der Waals surface area contributed by atoms with Crippen LogP contribution in [0.3, 0.4) is 0 Å². The standard InChI is InChI=1S/C13H16FN3O/c1-3-17-13(15-8-16-17)7-12(18)11-5-4-10(14)6-9(11)2/h4-6,8,12,18H,3,7H2,1-2H3. The van der Waals surface area contributed by atoms with Crippen molar-refractivity contribution in [2.75, 3.05) is 0 Å². The normalized spacial score (nSPS) is 12.7. The fraction of sp³-hybridized carbons (Fsp3) is 0.385. The fourth-order valence-corrected chi connectivity index (χ4v) is 2.01. The van der Waals surface area contributed by atoms with E-state index in [0.717, 1.165) is 17.0 Å². The van der Waals surface area contributed by atoms with E-state index >= 15 is 0 Å². The number of aryl methyl sites for hydroxylation is 2. The van der Waals surface area contributed by atoms with Crippen LogP contribution < -0.4 is 0 Å². The molecule has 4 nitrogen and oxygen atoms in total. The Morgan fingerprint density at radius 3 is 2.89 bits per heavy atom. The zero-order chi connectivity index (χ0) is 13.1. The summed E-state index contributed by atoms with van der Waals surface area (Å²) in [6.45, 7) is 4.46. The van der Waals surface area contributed by atoms with Gasteiger partial charge in [-0.1, -0.05) is 6.07 Å². The molecule has 1 aromatic carbocycles. The molecule has 0 aliphatic heterocycles. The predicted molar refractivity (Wildman–Crippen MR) is 65.5 cm³/mol. The smallest absolute Gasteiger partial charge is 0.138 e. The Morgan fingerprint density at radius 2 is 2.22 bits per heavy atom. The van der Waals surface area contributed by atoms with E-state index in [1.165, 1.54) is 18.5 Å². The lowest BCUT2D eigenvalue weighted by Gasteiger charge is -2.13. The van der Waals surface area contributed by atoms with Crippen LogP contribution in [0.15, 0.2) is 24.5 Å². The summed E-state index contributed by atoms with van der Waals surface area (Å²) in [5.74, 6) is 0.439. The second kappa shape index (κ2) is 5.27. The first-order chi connectivity index (χ1) is 8.61. The molecule has 0 aliphatic rings. The van der Waals surface area contributed by atoms with Crippen molar-refractivity contribution >= 4 is 0 Å². The molecular weight excluding hydrogens is 233 g/mol. The van der Waals surface area contributed by atoms with Gasteiger partial charge in [-0.25, -0.2) is 9.37 Å². The number of halogens is 1. The van der Waals surface area contributed by atoms with Gasteiger partial charge < -0.3 is 5.11 Å². The van der Waals surface area contributed by atoms with E-state index in [0.29, 0.717) is 13.0 Å². The van der Waals surface area contributed by atoms with E-state index in [4.69, 9.17) is 0 Å². The SMILES string of the molecule is CCn1ncnc1CC(O)c1ccc(F)cc1C. The Morgan fingerprint density at radius 1 is 1.44 bits per heavy atom. The monoisotopic (exact) mass is 249 g/mol. The highest BCUT2D eigenvalue weighted by atomic mass is 19.1. The summed E-state index contributed by atoms with van der Waals surface area (Å²) in [6, 6.07) is 4.39. The molecular formula is C13H16FN3O. The zero-order valence-electron chi connectivity index (χ0n) is 10.5. The van der Waals surface area contributed by atoms with Gasteiger partial charge in [-0.2, -0.15) is 5.10 Å². The largest absolute Gasteiger partial charge is 0.388 e. The summed E-state index contributed by atoms with van der Waals surface area (Å²) in [5, 5.41) is 14.2. The summed E-state index contributed by atoms with van der Waals surface area (Å²) in [4.78, 5) is 4.12. The number of benzene rings is 1. The number of aromatic nitrogens is 3. The van der Waals surface area contributed by atoms with Gasteiger partial charge >= 0.3 is 0 Å². The number of aliphatic hydroxyl groups excluding tert-OH is 1. The average Bonchev–Trinajstić information content (AvgIpc) is 2.76. The molecule has 0 bridgehead atoms. The molecule has 1 heterocycles. The Bertz CT molecular complexity index is 539. The van der Waals surface area contributed by atoms with Crippen molar-refractivity contribution in [2.45, 2.75) is 32.9 Å². The highest BCUT2D eigenvalue weighted by molar-refractivity contribution is 5.29. The summed E-state index contributed by atoms with van der Waals surface area (Å²) in [5.41, 5.74) is 1.46. The van der Waals surface area contributed by atoms with Crippen molar-refractivity contribution in [1.29, 1.82) is 0 Å². The zero-order valence-corrected chi connectivity index (χ0v) is 10.5. The Labute approximate surface area is 105 Å². The molecule has 1 atom stereocenters. The van der Waals surface area contributed by atoms with Crippen molar-refractivity contribution < 1.29 is 9.50 Å². The fourth-order valence-electron chi connectivity index (χ4n) is 2.01. The maximum absolute atomic E-state index is 13.0. The van der Waals surface area contributed by atoms with Crippen molar-refractivity contribution in [3.05, 3.63) is 47.3 Å². The predicted octanol–water partition coefficient (Wildman–Crippen LogP) is 2.02. The molecule has 0 saturated carbocycles. The Balaban J connectivity index is 2.19. The number of aliphatic hydroxyl groups is 1. The van der Waals surface area contributed by atoms with E-state index in [-0.39, 0.29) is 5.82 Å². The van der Waals surface area contributed by atoms with E-state index in [1.807, 2.05) is 6.92 Å². The number of rotatable bonds is 4. The third-order valence-electron chi connectivity index (χ3n) is 2.96. The summed E-state index contributed by atoms with van der Waals surface area (Å²) in [6.07, 6.45) is 1.16. The van der Waals surface area contributed by atoms with E-state index in [9.17, 15) is 9.50 Å². The molecule has 0 amide bonds. The van der Waals surface area contributed by atoms with Gasteiger partial charge in [0.25, 0.3) is 0 Å². The first kappa shape index (κ1) is 12.7. The molecule has 96 valence electrons. The summed E-state index contributed by atoms with van der Waals surface area (Å²) in [7, 11) is 0. The third-order valence-corrected chi connectivity index (χ3v) is 2.96. The second-order valence-electron chi connectivity index (χ2n) is 4.21. The molecule has 2 aromatic rings. The maximum Gasteiger partial charge on any atom is 0.138 e. The third kappa shape index (κ3) is 2.56. The molecule has 0 fully saturated rings. The van der Waals surface area contributed by atoms with Gasteiger partial charge in [0, 0.05) is 13.0 Å². The maximum atomic E-state index is 13.0. The Hall–Kier alpha value is -1.75. The number of hydrogen-bond donors (Lipinski definition) is 1. The molecule has 1 N–H and O–H groups in total. The number of hydrogen-bond acceptors (Lipinski definition) is 3. The van der Waals surface area contributed by atoms with Gasteiger partial charge in [0.15, 0.2) is 0 Å². The molecule has 0 spiro atoms. The minimum absolute atomic E-state index is 0.292. The van der Waals surface area contributed by atoms with E-state index in [1.54, 1.807) is 17.7 Å². The molecule has 1 unspecified atom stereocenters. The van der Waals surface area contributed by atoms with Crippen LogP contribution in [0.5, 0.6) is 0 Å². The molecule has 0 aliphatic carbocycles. The number of nitrogens with zero attached hydrogens (tertiary/aromatic N) is 3. The van der Waals surface area contributed by atoms with E-state index < -0.39 is 6.10 Å². The van der Waals surface area contributed by atoms with Crippen LogP contribution in [-0.4, -0.2) is 19.9 Å². The van der Waals surface area contributed by atoms with Crippen molar-refractivity contribution in [2.24, 2.45) is 0 Å². The van der Waals surface area contributed by atoms with Crippen LogP contribution in [-0.2, 0) is 13.0 Å². The van der Waals surface area contributed by atoms with Gasteiger partial charge in [-0.15, -0.1) is 0 Å². The first-order valence-corrected chi connectivity index (χ1v) is 5.92. The van der Waals surface area contributed by atoms with Crippen molar-refractivity contribution in [3.63, 3.8) is 0 Å². The minimum Gasteiger partial charge on any atom is -0.388 e. The van der Waals surface area contributed by atoms with Crippen molar-refractivity contribution in [1.82, 2.24) is 14.8 Å². The van der Waals surface area contributed by atoms with Gasteiger partial charge in [0.1, 0.15) is 18.0 Å². The first-order valence-electron chi connectivity index (χ1n) is 5.92. The van der Waals surface area contributed by atoms with Gasteiger partial charge in [-0.3, -0.25) is 4.68 Å².